The lowest BCUT2D eigenvalue weighted by Crippen LogP contribution is -2.50. The van der Waals surface area contributed by atoms with Gasteiger partial charge in [-0.2, -0.15) is 18.3 Å². The summed E-state index contributed by atoms with van der Waals surface area (Å²) in [6.45, 7) is 0.360. The van der Waals surface area contributed by atoms with Gasteiger partial charge in [-0.3, -0.25) is 4.79 Å². The van der Waals surface area contributed by atoms with Crippen LogP contribution in [-0.2, 0) is 17.4 Å². The van der Waals surface area contributed by atoms with E-state index in [1.165, 1.54) is 11.0 Å². The van der Waals surface area contributed by atoms with Gasteiger partial charge < -0.3 is 16.4 Å². The summed E-state index contributed by atoms with van der Waals surface area (Å²) in [5, 5.41) is 4.36. The highest BCUT2D eigenvalue weighted by atomic mass is 19.4. The van der Waals surface area contributed by atoms with Gasteiger partial charge in [0.15, 0.2) is 0 Å². The molecule has 0 saturated carbocycles. The molecule has 1 unspecified atom stereocenters. The number of benzene rings is 1. The number of nitrogens with zero attached hydrogens (tertiary/aromatic N) is 3. The number of rotatable bonds is 4. The standard InChI is InChI=1S/C26H24F3N5O2/c27-26(28,29)18-5-3-4-16(12-18)19-7-9-25(23(30)35,21-15-33(24(31)36)11-8-20(19)21)13-17-14-32-34-10-2-1-6-22(17)34/h1-7,10,12,14H,8-9,11,13,15H2,(H2,30,35)(H2,31,36). The third kappa shape index (κ3) is 3.92. The molecule has 3 amide bonds. The van der Waals surface area contributed by atoms with Gasteiger partial charge in [-0.15, -0.1) is 0 Å². The van der Waals surface area contributed by atoms with E-state index < -0.39 is 29.1 Å². The monoisotopic (exact) mass is 495 g/mol. The minimum atomic E-state index is -4.49. The minimum absolute atomic E-state index is 0.0725. The number of amides is 3. The van der Waals surface area contributed by atoms with Gasteiger partial charge in [0.25, 0.3) is 0 Å². The number of hydrogen-bond donors (Lipinski definition) is 2. The molecule has 1 aliphatic heterocycles. The van der Waals surface area contributed by atoms with Crippen molar-refractivity contribution in [1.29, 1.82) is 0 Å². The Bertz CT molecular complexity index is 1440. The van der Waals surface area contributed by atoms with Crippen LogP contribution in [0.25, 0.3) is 11.1 Å². The van der Waals surface area contributed by atoms with Crippen LogP contribution in [0.1, 0.15) is 29.5 Å². The summed E-state index contributed by atoms with van der Waals surface area (Å²) in [7, 11) is 0. The van der Waals surface area contributed by atoms with E-state index in [2.05, 4.69) is 5.10 Å². The number of primary amides is 2. The Morgan fingerprint density at radius 2 is 1.92 bits per heavy atom. The number of carbonyl (C=O) groups is 2. The molecule has 7 nitrogen and oxygen atoms in total. The Labute approximate surface area is 204 Å². The SMILES string of the molecule is NC(=O)N1CCC2=C(C1)C(Cc1cnn3ccccc13)(C(N)=O)CC=C2c1cccc(C(F)(F)F)c1. The average molecular weight is 496 g/mol. The number of carbonyl (C=O) groups excluding carboxylic acids is 2. The predicted molar refractivity (Wildman–Crippen MR) is 127 cm³/mol. The van der Waals surface area contributed by atoms with Crippen LogP contribution in [0, 0.1) is 5.41 Å². The van der Waals surface area contributed by atoms with E-state index in [0.717, 1.165) is 28.8 Å². The summed E-state index contributed by atoms with van der Waals surface area (Å²) in [4.78, 5) is 26.6. The smallest absolute Gasteiger partial charge is 0.369 e. The van der Waals surface area contributed by atoms with Crippen LogP contribution < -0.4 is 11.5 Å². The number of hydrogen-bond acceptors (Lipinski definition) is 3. The summed E-state index contributed by atoms with van der Waals surface area (Å²) < 4.78 is 42.0. The third-order valence-corrected chi connectivity index (χ3v) is 7.19. The van der Waals surface area contributed by atoms with Crippen molar-refractivity contribution < 1.29 is 22.8 Å². The van der Waals surface area contributed by atoms with Gasteiger partial charge in [0.1, 0.15) is 0 Å². The van der Waals surface area contributed by atoms with Crippen LogP contribution in [0.15, 0.2) is 72.1 Å². The molecule has 3 heterocycles. The number of alkyl halides is 3. The van der Waals surface area contributed by atoms with E-state index in [0.29, 0.717) is 23.1 Å². The number of urea groups is 1. The molecule has 4 N–H and O–H groups in total. The first kappa shape index (κ1) is 23.7. The van der Waals surface area contributed by atoms with Gasteiger partial charge in [0, 0.05) is 19.3 Å². The molecule has 0 fully saturated rings. The zero-order valence-electron chi connectivity index (χ0n) is 19.3. The molecule has 0 bridgehead atoms. The predicted octanol–water partition coefficient (Wildman–Crippen LogP) is 3.94. The molecule has 1 atom stereocenters. The Morgan fingerprint density at radius 1 is 1.11 bits per heavy atom. The van der Waals surface area contributed by atoms with Crippen LogP contribution in [0.2, 0.25) is 0 Å². The number of halogens is 3. The van der Waals surface area contributed by atoms with Crippen molar-refractivity contribution in [3.63, 3.8) is 0 Å². The molecule has 0 radical (unpaired) electrons. The van der Waals surface area contributed by atoms with Crippen LogP contribution in [0.3, 0.4) is 0 Å². The number of fused-ring (bicyclic) bond motifs is 1. The average Bonchev–Trinajstić information content (AvgIpc) is 3.26. The first-order chi connectivity index (χ1) is 17.1. The third-order valence-electron chi connectivity index (χ3n) is 7.19. The van der Waals surface area contributed by atoms with Gasteiger partial charge in [0.2, 0.25) is 5.91 Å². The zero-order chi connectivity index (χ0) is 25.7. The lowest BCUT2D eigenvalue weighted by molar-refractivity contribution is -0.137. The molecule has 10 heteroatoms. The quantitative estimate of drug-likeness (QED) is 0.573. The highest BCUT2D eigenvalue weighted by Crippen LogP contribution is 2.49. The lowest BCUT2D eigenvalue weighted by atomic mass is 9.64. The highest BCUT2D eigenvalue weighted by molar-refractivity contribution is 5.92. The number of nitrogens with two attached hydrogens (primary N) is 2. The number of pyridine rings is 1. The van der Waals surface area contributed by atoms with Crippen LogP contribution >= 0.6 is 0 Å². The first-order valence-electron chi connectivity index (χ1n) is 11.5. The van der Waals surface area contributed by atoms with Crippen LogP contribution in [-0.4, -0.2) is 39.5 Å². The van der Waals surface area contributed by atoms with Gasteiger partial charge in [-0.1, -0.05) is 24.3 Å². The number of allylic oxidation sites excluding steroid dienone is 2. The normalized spacial score (nSPS) is 20.3. The molecule has 0 saturated heterocycles. The maximum absolute atomic E-state index is 13.4. The molecule has 1 aromatic carbocycles. The Morgan fingerprint density at radius 3 is 2.64 bits per heavy atom. The summed E-state index contributed by atoms with van der Waals surface area (Å²) in [5.74, 6) is -0.573. The van der Waals surface area contributed by atoms with Gasteiger partial charge in [-0.25, -0.2) is 9.31 Å². The van der Waals surface area contributed by atoms with Gasteiger partial charge >= 0.3 is 12.2 Å². The lowest BCUT2D eigenvalue weighted by Gasteiger charge is -2.43. The fourth-order valence-electron chi connectivity index (χ4n) is 5.33. The molecule has 3 aromatic rings. The van der Waals surface area contributed by atoms with E-state index in [-0.39, 0.29) is 25.9 Å². The molecule has 2 aromatic heterocycles. The largest absolute Gasteiger partial charge is 0.416 e. The van der Waals surface area contributed by atoms with Crippen LogP contribution in [0.5, 0.6) is 0 Å². The van der Waals surface area contributed by atoms with Crippen molar-refractivity contribution in [3.8, 4) is 0 Å². The Balaban J connectivity index is 1.65. The molecule has 2 aliphatic rings. The second kappa shape index (κ2) is 8.54. The summed E-state index contributed by atoms with van der Waals surface area (Å²) >= 11 is 0. The van der Waals surface area contributed by atoms with Gasteiger partial charge in [-0.05, 0) is 71.4 Å². The maximum Gasteiger partial charge on any atom is 0.416 e. The van der Waals surface area contributed by atoms with Crippen molar-refractivity contribution in [2.75, 3.05) is 13.1 Å². The van der Waals surface area contributed by atoms with E-state index in [1.807, 2.05) is 18.2 Å². The van der Waals surface area contributed by atoms with Crippen molar-refractivity contribution in [1.82, 2.24) is 14.5 Å². The molecular weight excluding hydrogens is 471 g/mol. The second-order valence-corrected chi connectivity index (χ2v) is 9.19. The van der Waals surface area contributed by atoms with Crippen molar-refractivity contribution >= 4 is 23.0 Å². The summed E-state index contributed by atoms with van der Waals surface area (Å²) in [6, 6.07) is 10.1. The fourth-order valence-corrected chi connectivity index (χ4v) is 5.33. The zero-order valence-corrected chi connectivity index (χ0v) is 19.3. The molecule has 0 spiro atoms. The summed E-state index contributed by atoms with van der Waals surface area (Å²) in [6.07, 6.45) is 1.52. The molecule has 36 heavy (non-hydrogen) atoms. The fraction of sp³-hybridized carbons (Fsp3) is 0.269. The Hall–Kier alpha value is -4.08. The van der Waals surface area contributed by atoms with Crippen molar-refractivity contribution in [2.24, 2.45) is 16.9 Å². The van der Waals surface area contributed by atoms with E-state index in [9.17, 15) is 22.8 Å². The molecule has 5 rings (SSSR count). The van der Waals surface area contributed by atoms with E-state index in [1.54, 1.807) is 29.1 Å². The molecule has 1 aliphatic carbocycles. The van der Waals surface area contributed by atoms with Gasteiger partial charge in [0.05, 0.1) is 22.7 Å². The van der Waals surface area contributed by atoms with E-state index in [4.69, 9.17) is 11.5 Å². The van der Waals surface area contributed by atoms with E-state index >= 15 is 0 Å². The highest BCUT2D eigenvalue weighted by Gasteiger charge is 2.46. The maximum atomic E-state index is 13.4. The van der Waals surface area contributed by atoms with Crippen molar-refractivity contribution in [2.45, 2.75) is 25.4 Å². The molecular formula is C26H24F3N5O2. The summed E-state index contributed by atoms with van der Waals surface area (Å²) in [5.41, 5.74) is 13.7. The molecule has 186 valence electrons. The van der Waals surface area contributed by atoms with Crippen molar-refractivity contribution in [3.05, 3.63) is 88.8 Å². The second-order valence-electron chi connectivity index (χ2n) is 9.19. The number of aromatic nitrogens is 2. The Kier molecular flexibility index (Phi) is 5.61. The van der Waals surface area contributed by atoms with Crippen LogP contribution in [0.4, 0.5) is 18.0 Å². The first-order valence-corrected chi connectivity index (χ1v) is 11.5. The minimum Gasteiger partial charge on any atom is -0.369 e. The topological polar surface area (TPSA) is 107 Å².